The van der Waals surface area contributed by atoms with Gasteiger partial charge < -0.3 is 19.6 Å². The maximum Gasteiger partial charge on any atom is 0.490 e. The van der Waals surface area contributed by atoms with Crippen LogP contribution in [0, 0.1) is 5.82 Å². The van der Waals surface area contributed by atoms with Crippen molar-refractivity contribution in [2.45, 2.75) is 80.3 Å². The topological polar surface area (TPSA) is 130 Å². The summed E-state index contributed by atoms with van der Waals surface area (Å²) in [4.78, 5) is 30.6. The molecule has 3 fully saturated rings. The number of benzene rings is 1. The van der Waals surface area contributed by atoms with Gasteiger partial charge in [0.25, 0.3) is 5.91 Å². The van der Waals surface area contributed by atoms with Gasteiger partial charge in [-0.1, -0.05) is 13.8 Å². The lowest BCUT2D eigenvalue weighted by atomic mass is 10.0. The van der Waals surface area contributed by atoms with Gasteiger partial charge in [-0.2, -0.15) is 17.5 Å². The second-order valence-corrected chi connectivity index (χ2v) is 13.3. The highest BCUT2D eigenvalue weighted by Gasteiger charge is 2.40. The van der Waals surface area contributed by atoms with E-state index in [0.29, 0.717) is 31.7 Å². The number of amides is 1. The van der Waals surface area contributed by atoms with Gasteiger partial charge in [-0.25, -0.2) is 22.6 Å². The first kappa shape index (κ1) is 30.9. The van der Waals surface area contributed by atoms with E-state index in [2.05, 4.69) is 28.1 Å². The fraction of sp³-hybridized carbons (Fsp3) is 0.600. The molecule has 2 aromatic rings. The Bertz CT molecular complexity index is 1370. The molecular formula is C25H30F4N4O6S2. The molecule has 1 aromatic carbocycles. The molecule has 0 spiro atoms. The molecule has 1 aliphatic carbocycles. The van der Waals surface area contributed by atoms with Crippen molar-refractivity contribution in [3.63, 3.8) is 0 Å². The van der Waals surface area contributed by atoms with Crippen LogP contribution in [0.3, 0.4) is 0 Å². The largest absolute Gasteiger partial charge is 0.490 e. The maximum absolute atomic E-state index is 14.6. The van der Waals surface area contributed by atoms with E-state index in [9.17, 15) is 30.8 Å². The molecule has 41 heavy (non-hydrogen) atoms. The fourth-order valence-electron chi connectivity index (χ4n) is 4.58. The molecule has 1 aromatic heterocycles. The third-order valence-electron chi connectivity index (χ3n) is 7.02. The number of piperidine rings is 1. The van der Waals surface area contributed by atoms with Gasteiger partial charge in [0.05, 0.1) is 10.1 Å². The first-order valence-corrected chi connectivity index (χ1v) is 15.4. The number of hydrogen-bond acceptors (Lipinski definition) is 9. The molecule has 1 amide bonds. The lowest BCUT2D eigenvalue weighted by molar-refractivity contribution is -0.192. The number of anilines is 1. The molecule has 16 heteroatoms. The minimum Gasteiger partial charge on any atom is -0.477 e. The summed E-state index contributed by atoms with van der Waals surface area (Å²) in [5.74, 6) is -2.56. The number of hydrogen-bond donors (Lipinski definition) is 1. The quantitative estimate of drug-likeness (QED) is 0.455. The molecule has 226 valence electrons. The smallest absolute Gasteiger partial charge is 0.477 e. The van der Waals surface area contributed by atoms with Crippen molar-refractivity contribution >= 4 is 38.4 Å². The number of ether oxygens (including phenoxy) is 1. The van der Waals surface area contributed by atoms with Crippen molar-refractivity contribution in [1.82, 2.24) is 14.3 Å². The molecule has 3 aliphatic rings. The predicted molar refractivity (Wildman–Crippen MR) is 140 cm³/mol. The van der Waals surface area contributed by atoms with Crippen molar-refractivity contribution in [1.29, 1.82) is 0 Å². The Hall–Kier alpha value is -3.01. The summed E-state index contributed by atoms with van der Waals surface area (Å²) >= 11 is 1.42. The second-order valence-electron chi connectivity index (χ2n) is 10.4. The Kier molecular flexibility index (Phi) is 9.11. The number of nitrogens with zero attached hydrogens (tertiary/aromatic N) is 4. The average Bonchev–Trinajstić information content (AvgIpc) is 3.55. The molecule has 2 saturated heterocycles. The van der Waals surface area contributed by atoms with Crippen molar-refractivity contribution in [2.24, 2.45) is 0 Å². The summed E-state index contributed by atoms with van der Waals surface area (Å²) in [6.45, 7) is 6.33. The van der Waals surface area contributed by atoms with Crippen LogP contribution in [0.1, 0.15) is 57.7 Å². The number of likely N-dealkylation sites (tertiary alicyclic amines) is 1. The lowest BCUT2D eigenvalue weighted by Gasteiger charge is -2.36. The molecule has 0 radical (unpaired) electrons. The summed E-state index contributed by atoms with van der Waals surface area (Å²) in [5.41, 5.74) is 0. The van der Waals surface area contributed by atoms with E-state index in [0.717, 1.165) is 43.0 Å². The van der Waals surface area contributed by atoms with E-state index >= 15 is 0 Å². The molecule has 0 bridgehead atoms. The molecule has 10 nitrogen and oxygen atoms in total. The minimum atomic E-state index is -5.08. The number of carbonyl (C=O) groups is 2. The van der Waals surface area contributed by atoms with Gasteiger partial charge in [0.1, 0.15) is 5.82 Å². The molecule has 1 N–H and O–H groups in total. The van der Waals surface area contributed by atoms with Gasteiger partial charge in [-0.3, -0.25) is 4.79 Å². The van der Waals surface area contributed by atoms with E-state index in [1.54, 1.807) is 0 Å². The van der Waals surface area contributed by atoms with Crippen molar-refractivity contribution in [3.8, 4) is 5.75 Å². The Morgan fingerprint density at radius 2 is 1.76 bits per heavy atom. The summed E-state index contributed by atoms with van der Waals surface area (Å²) in [6.07, 6.45) is -2.46. The summed E-state index contributed by atoms with van der Waals surface area (Å²) in [5, 5.41) is 7.65. The van der Waals surface area contributed by atoms with Gasteiger partial charge in [-0.05, 0) is 43.9 Å². The number of carboxylic acid groups (broad SMARTS) is 1. The SMILES string of the molecule is CC(C)c1nsc(N2CCC(N3CCC(Oc4ccc(S(=O)(=O)C5CC5)cc4F)C3=O)CC2)n1.O=C(O)C(F)(F)F. The van der Waals surface area contributed by atoms with Gasteiger partial charge in [-0.15, -0.1) is 0 Å². The van der Waals surface area contributed by atoms with Crippen LogP contribution in [-0.4, -0.2) is 82.9 Å². The Labute approximate surface area is 238 Å². The zero-order chi connectivity index (χ0) is 30.1. The van der Waals surface area contributed by atoms with Gasteiger partial charge in [0, 0.05) is 49.5 Å². The predicted octanol–water partition coefficient (Wildman–Crippen LogP) is 4.02. The second kappa shape index (κ2) is 12.1. The van der Waals surface area contributed by atoms with E-state index in [1.807, 2.05) is 4.90 Å². The van der Waals surface area contributed by atoms with E-state index in [1.165, 1.54) is 23.7 Å². The van der Waals surface area contributed by atoms with Crippen molar-refractivity contribution in [2.75, 3.05) is 24.5 Å². The van der Waals surface area contributed by atoms with Gasteiger partial charge in [0.2, 0.25) is 5.13 Å². The summed E-state index contributed by atoms with van der Waals surface area (Å²) < 4.78 is 81.2. The van der Waals surface area contributed by atoms with Gasteiger partial charge >= 0.3 is 12.1 Å². The van der Waals surface area contributed by atoms with Gasteiger partial charge in [0.15, 0.2) is 27.5 Å². The highest BCUT2D eigenvalue weighted by Crippen LogP contribution is 2.35. The Morgan fingerprint density at radius 3 is 2.27 bits per heavy atom. The van der Waals surface area contributed by atoms with E-state index < -0.39 is 39.2 Å². The number of alkyl halides is 3. The fourth-order valence-corrected chi connectivity index (χ4v) is 7.11. The summed E-state index contributed by atoms with van der Waals surface area (Å²) in [7, 11) is -3.48. The molecule has 5 rings (SSSR count). The van der Waals surface area contributed by atoms with Crippen molar-refractivity contribution < 1.29 is 45.4 Å². The normalized spacial score (nSPS) is 20.3. The first-order chi connectivity index (χ1) is 19.2. The zero-order valence-corrected chi connectivity index (χ0v) is 23.9. The van der Waals surface area contributed by atoms with Crippen LogP contribution in [0.25, 0.3) is 0 Å². The average molecular weight is 623 g/mol. The lowest BCUT2D eigenvalue weighted by Crippen LogP contribution is -2.47. The molecule has 3 heterocycles. The standard InChI is InChI=1S/C23H29FN4O4S2.C2HF3O2/c1-14(2)21-25-23(33-26-21)27-10-7-15(8-11-27)28-12-9-20(22(28)29)32-19-6-5-17(13-18(19)24)34(30,31)16-3-4-16;3-2(4,5)1(6)7/h5-6,13-16,20H,3-4,7-12H2,1-2H3;(H,6,7). The number of carbonyl (C=O) groups excluding carboxylic acids is 1. The highest BCUT2D eigenvalue weighted by atomic mass is 32.2. The van der Waals surface area contributed by atoms with Crippen LogP contribution < -0.4 is 9.64 Å². The number of carboxylic acids is 1. The van der Waals surface area contributed by atoms with E-state index in [-0.39, 0.29) is 22.6 Å². The van der Waals surface area contributed by atoms with Crippen LogP contribution in [0.4, 0.5) is 22.7 Å². The monoisotopic (exact) mass is 622 g/mol. The van der Waals surface area contributed by atoms with Crippen LogP contribution in [-0.2, 0) is 19.4 Å². The van der Waals surface area contributed by atoms with Crippen LogP contribution in [0.2, 0.25) is 0 Å². The number of aromatic nitrogens is 2. The van der Waals surface area contributed by atoms with Crippen LogP contribution in [0.15, 0.2) is 23.1 Å². The third kappa shape index (κ3) is 7.26. The Balaban J connectivity index is 0.000000493. The molecule has 1 unspecified atom stereocenters. The first-order valence-electron chi connectivity index (χ1n) is 13.1. The number of rotatable bonds is 7. The zero-order valence-electron chi connectivity index (χ0n) is 22.3. The van der Waals surface area contributed by atoms with Crippen molar-refractivity contribution in [3.05, 3.63) is 29.8 Å². The number of halogens is 4. The van der Waals surface area contributed by atoms with Crippen LogP contribution in [0.5, 0.6) is 5.75 Å². The molecular weight excluding hydrogens is 592 g/mol. The third-order valence-corrected chi connectivity index (χ3v) is 10.1. The number of aliphatic carboxylic acids is 1. The summed E-state index contributed by atoms with van der Waals surface area (Å²) in [6, 6.07) is 3.82. The maximum atomic E-state index is 14.6. The minimum absolute atomic E-state index is 0.0260. The van der Waals surface area contributed by atoms with E-state index in [4.69, 9.17) is 14.6 Å². The molecule has 2 aliphatic heterocycles. The Morgan fingerprint density at radius 1 is 1.12 bits per heavy atom. The number of sulfone groups is 1. The molecule has 1 atom stereocenters. The van der Waals surface area contributed by atoms with Crippen LogP contribution >= 0.6 is 11.5 Å². The molecule has 1 saturated carbocycles. The highest BCUT2D eigenvalue weighted by molar-refractivity contribution is 7.92.